The van der Waals surface area contributed by atoms with Gasteiger partial charge in [-0.15, -0.1) is 11.3 Å². The zero-order valence-corrected chi connectivity index (χ0v) is 9.41. The van der Waals surface area contributed by atoms with Gasteiger partial charge in [0.25, 0.3) is 0 Å². The van der Waals surface area contributed by atoms with E-state index in [0.717, 1.165) is 24.8 Å². The van der Waals surface area contributed by atoms with Crippen LogP contribution in [0, 0.1) is 6.92 Å². The molecule has 0 aromatic carbocycles. The lowest BCUT2D eigenvalue weighted by atomic mass is 9.72. The van der Waals surface area contributed by atoms with E-state index in [1.807, 2.05) is 25.4 Å². The molecule has 0 radical (unpaired) electrons. The predicted octanol–water partition coefficient (Wildman–Crippen LogP) is 2.38. The Balaban J connectivity index is 2.23. The minimum absolute atomic E-state index is 0.243. The average molecular weight is 209 g/mol. The van der Waals surface area contributed by atoms with E-state index in [0.29, 0.717) is 0 Å². The van der Waals surface area contributed by atoms with E-state index >= 15 is 0 Å². The number of carbonyl (C=O) groups is 1. The highest BCUT2D eigenvalue weighted by Gasteiger charge is 2.42. The lowest BCUT2D eigenvalue weighted by Gasteiger charge is -2.39. The summed E-state index contributed by atoms with van der Waals surface area (Å²) in [5, 5.41) is 5.14. The van der Waals surface area contributed by atoms with Crippen molar-refractivity contribution in [3.63, 3.8) is 0 Å². The highest BCUT2D eigenvalue weighted by Crippen LogP contribution is 2.35. The van der Waals surface area contributed by atoms with E-state index in [9.17, 15) is 4.79 Å². The average Bonchev–Trinajstić information content (AvgIpc) is 2.50. The van der Waals surface area contributed by atoms with Crippen molar-refractivity contribution in [1.29, 1.82) is 0 Å². The van der Waals surface area contributed by atoms with Crippen molar-refractivity contribution in [1.82, 2.24) is 5.32 Å². The minimum Gasteiger partial charge on any atom is -0.308 e. The van der Waals surface area contributed by atoms with Gasteiger partial charge in [-0.2, -0.15) is 0 Å². The van der Waals surface area contributed by atoms with Gasteiger partial charge >= 0.3 is 0 Å². The monoisotopic (exact) mass is 209 g/mol. The molecule has 0 unspecified atom stereocenters. The van der Waals surface area contributed by atoms with Gasteiger partial charge in [0.2, 0.25) is 0 Å². The number of carbonyl (C=O) groups excluding carboxylic acids is 1. The van der Waals surface area contributed by atoms with Gasteiger partial charge in [-0.1, -0.05) is 0 Å². The van der Waals surface area contributed by atoms with E-state index in [4.69, 9.17) is 0 Å². The van der Waals surface area contributed by atoms with Crippen LogP contribution in [0.3, 0.4) is 0 Å². The summed E-state index contributed by atoms with van der Waals surface area (Å²) in [5.41, 5.74) is 0.634. The van der Waals surface area contributed by atoms with Crippen molar-refractivity contribution in [2.75, 3.05) is 7.05 Å². The summed E-state index contributed by atoms with van der Waals surface area (Å²) in [4.78, 5) is 13.3. The van der Waals surface area contributed by atoms with Crippen molar-refractivity contribution in [2.24, 2.45) is 0 Å². The highest BCUT2D eigenvalue weighted by molar-refractivity contribution is 7.10. The molecular formula is C11H15NOS. The number of hydrogen-bond acceptors (Lipinski definition) is 3. The molecule has 1 saturated carbocycles. The number of Topliss-reactive ketones (excluding diaryl/α,β-unsaturated/α-hetero) is 1. The fourth-order valence-electron chi connectivity index (χ4n) is 1.96. The van der Waals surface area contributed by atoms with Gasteiger partial charge in [0.05, 0.1) is 5.54 Å². The van der Waals surface area contributed by atoms with Crippen LogP contribution in [-0.4, -0.2) is 18.4 Å². The lowest BCUT2D eigenvalue weighted by Crippen LogP contribution is -2.55. The molecule has 0 atom stereocenters. The van der Waals surface area contributed by atoms with Gasteiger partial charge in [-0.3, -0.25) is 4.79 Å². The van der Waals surface area contributed by atoms with E-state index in [-0.39, 0.29) is 11.3 Å². The second-order valence-electron chi connectivity index (χ2n) is 3.96. The lowest BCUT2D eigenvalue weighted by molar-refractivity contribution is 0.0746. The molecule has 1 N–H and O–H groups in total. The van der Waals surface area contributed by atoms with Gasteiger partial charge in [0.1, 0.15) is 0 Å². The number of likely N-dealkylation sites (N-methyl/N-ethyl adjacent to an activating group) is 1. The number of aryl methyl sites for hydroxylation is 1. The van der Waals surface area contributed by atoms with Crippen LogP contribution >= 0.6 is 11.3 Å². The summed E-state index contributed by atoms with van der Waals surface area (Å²) in [6, 6.07) is 1.99. The van der Waals surface area contributed by atoms with Crippen LogP contribution in [0.1, 0.15) is 34.5 Å². The normalized spacial score (nSPS) is 19.0. The molecular weight excluding hydrogens is 194 g/mol. The second-order valence-corrected chi connectivity index (χ2v) is 5.08. The molecule has 1 aromatic rings. The first-order valence-electron chi connectivity index (χ1n) is 4.97. The van der Waals surface area contributed by atoms with Gasteiger partial charge in [0.15, 0.2) is 5.78 Å². The Morgan fingerprint density at radius 2 is 2.29 bits per heavy atom. The fourth-order valence-corrected chi connectivity index (χ4v) is 2.64. The van der Waals surface area contributed by atoms with Gasteiger partial charge in [-0.05, 0) is 39.3 Å². The first kappa shape index (κ1) is 9.87. The Bertz CT molecular complexity index is 346. The Hall–Kier alpha value is -0.670. The number of nitrogens with one attached hydrogen (secondary N) is 1. The van der Waals surface area contributed by atoms with Crippen LogP contribution in [0.25, 0.3) is 0 Å². The number of rotatable bonds is 3. The Morgan fingerprint density at radius 1 is 1.57 bits per heavy atom. The summed E-state index contributed by atoms with van der Waals surface area (Å²) in [5.74, 6) is 0.274. The molecule has 1 aliphatic rings. The number of ketones is 1. The molecule has 1 fully saturated rings. The number of hydrogen-bond donors (Lipinski definition) is 1. The van der Waals surface area contributed by atoms with E-state index in [1.165, 1.54) is 4.88 Å². The van der Waals surface area contributed by atoms with Crippen LogP contribution in [0.15, 0.2) is 11.4 Å². The van der Waals surface area contributed by atoms with Crippen LogP contribution in [0.5, 0.6) is 0 Å². The predicted molar refractivity (Wildman–Crippen MR) is 59.0 cm³/mol. The summed E-state index contributed by atoms with van der Waals surface area (Å²) in [7, 11) is 1.89. The van der Waals surface area contributed by atoms with E-state index < -0.39 is 0 Å². The van der Waals surface area contributed by atoms with Crippen molar-refractivity contribution < 1.29 is 4.79 Å². The summed E-state index contributed by atoms with van der Waals surface area (Å²) < 4.78 is 0. The third kappa shape index (κ3) is 1.41. The van der Waals surface area contributed by atoms with Crippen LogP contribution < -0.4 is 5.32 Å². The molecule has 1 aliphatic carbocycles. The smallest absolute Gasteiger partial charge is 0.183 e. The third-order valence-corrected chi connectivity index (χ3v) is 3.97. The van der Waals surface area contributed by atoms with Gasteiger partial charge in [0, 0.05) is 15.8 Å². The first-order valence-corrected chi connectivity index (χ1v) is 5.85. The van der Waals surface area contributed by atoms with Gasteiger partial charge < -0.3 is 5.32 Å². The van der Waals surface area contributed by atoms with Crippen LogP contribution in [0.4, 0.5) is 0 Å². The maximum absolute atomic E-state index is 12.1. The summed E-state index contributed by atoms with van der Waals surface area (Å²) in [6.45, 7) is 2.04. The quantitative estimate of drug-likeness (QED) is 0.774. The molecule has 0 aliphatic heterocycles. The second kappa shape index (κ2) is 3.48. The van der Waals surface area contributed by atoms with E-state index in [2.05, 4.69) is 5.32 Å². The molecule has 0 spiro atoms. The largest absolute Gasteiger partial charge is 0.308 e. The maximum atomic E-state index is 12.1. The zero-order valence-electron chi connectivity index (χ0n) is 8.59. The molecule has 0 saturated heterocycles. The molecule has 3 heteroatoms. The topological polar surface area (TPSA) is 29.1 Å². The SMILES string of the molecule is CNC1(C(=O)c2csc(C)c2)CCC1. The molecule has 2 rings (SSSR count). The van der Waals surface area contributed by atoms with Crippen molar-refractivity contribution in [3.8, 4) is 0 Å². The molecule has 2 nitrogen and oxygen atoms in total. The van der Waals surface area contributed by atoms with Crippen molar-refractivity contribution in [3.05, 3.63) is 21.9 Å². The Kier molecular flexibility index (Phi) is 2.45. The fraction of sp³-hybridized carbons (Fsp3) is 0.545. The zero-order chi connectivity index (χ0) is 10.2. The third-order valence-electron chi connectivity index (χ3n) is 3.11. The Morgan fingerprint density at radius 3 is 2.64 bits per heavy atom. The summed E-state index contributed by atoms with van der Waals surface area (Å²) in [6.07, 6.45) is 3.13. The van der Waals surface area contributed by atoms with Gasteiger partial charge in [-0.25, -0.2) is 0 Å². The van der Waals surface area contributed by atoms with Crippen LogP contribution in [-0.2, 0) is 0 Å². The minimum atomic E-state index is -0.243. The van der Waals surface area contributed by atoms with Crippen molar-refractivity contribution >= 4 is 17.1 Å². The molecule has 14 heavy (non-hydrogen) atoms. The Labute approximate surface area is 88.3 Å². The molecule has 1 heterocycles. The number of thiophene rings is 1. The molecule has 76 valence electrons. The molecule has 1 aromatic heterocycles. The first-order chi connectivity index (χ1) is 6.68. The summed E-state index contributed by atoms with van der Waals surface area (Å²) >= 11 is 1.65. The molecule has 0 amide bonds. The maximum Gasteiger partial charge on any atom is 0.183 e. The highest BCUT2D eigenvalue weighted by atomic mass is 32.1. The molecule has 0 bridgehead atoms. The van der Waals surface area contributed by atoms with Crippen molar-refractivity contribution in [2.45, 2.75) is 31.7 Å². The van der Waals surface area contributed by atoms with Crippen LogP contribution in [0.2, 0.25) is 0 Å². The standard InChI is InChI=1S/C11H15NOS/c1-8-6-9(7-14-8)10(13)11(12-2)4-3-5-11/h6-7,12H,3-5H2,1-2H3. The van der Waals surface area contributed by atoms with E-state index in [1.54, 1.807) is 11.3 Å².